The lowest BCUT2D eigenvalue weighted by molar-refractivity contribution is -0.384. The van der Waals surface area contributed by atoms with Crippen LogP contribution in [0, 0.1) is 17.0 Å². The Morgan fingerprint density at radius 1 is 1.31 bits per heavy atom. The minimum atomic E-state index is -0.419. The topological polar surface area (TPSA) is 56.3 Å². The Balaban J connectivity index is 2.60. The molecule has 0 unspecified atom stereocenters. The molecule has 1 aromatic heterocycles. The zero-order valence-corrected chi connectivity index (χ0v) is 10.0. The summed E-state index contributed by atoms with van der Waals surface area (Å²) in [6.07, 6.45) is 0. The van der Waals surface area contributed by atoms with E-state index in [2.05, 4.69) is 15.9 Å². The second-order valence-electron chi connectivity index (χ2n) is 3.33. The van der Waals surface area contributed by atoms with Crippen LogP contribution in [0.2, 0.25) is 0 Å². The molecule has 0 saturated heterocycles. The van der Waals surface area contributed by atoms with Crippen LogP contribution in [0.5, 0.6) is 0 Å². The molecular formula is C11H8BrNO3. The number of nitrogens with zero attached hydrogens (tertiary/aromatic N) is 1. The molecule has 0 aliphatic heterocycles. The Kier molecular flexibility index (Phi) is 2.78. The largest absolute Gasteiger partial charge is 0.461 e. The fourth-order valence-corrected chi connectivity index (χ4v) is 1.79. The fourth-order valence-electron chi connectivity index (χ4n) is 1.44. The lowest BCUT2D eigenvalue weighted by Gasteiger charge is -2.00. The monoisotopic (exact) mass is 281 g/mol. The van der Waals surface area contributed by atoms with Crippen molar-refractivity contribution in [2.24, 2.45) is 0 Å². The number of nitro groups is 1. The first-order valence-electron chi connectivity index (χ1n) is 4.58. The highest BCUT2D eigenvalue weighted by molar-refractivity contribution is 9.10. The van der Waals surface area contributed by atoms with Gasteiger partial charge in [0.15, 0.2) is 0 Å². The SMILES string of the molecule is Cc1ccc(-c2ccc(Br)cc2[N+](=O)[O-])o1. The third kappa shape index (κ3) is 1.99. The number of nitro benzene ring substituents is 1. The summed E-state index contributed by atoms with van der Waals surface area (Å²) in [5.74, 6) is 1.24. The van der Waals surface area contributed by atoms with E-state index in [1.807, 2.05) is 0 Å². The summed E-state index contributed by atoms with van der Waals surface area (Å²) in [5.41, 5.74) is 0.519. The predicted octanol–water partition coefficient (Wildman–Crippen LogP) is 3.93. The van der Waals surface area contributed by atoms with E-state index in [4.69, 9.17) is 4.42 Å². The molecule has 2 rings (SSSR count). The van der Waals surface area contributed by atoms with Crippen LogP contribution in [0.15, 0.2) is 39.2 Å². The zero-order valence-electron chi connectivity index (χ0n) is 8.44. The van der Waals surface area contributed by atoms with Gasteiger partial charge >= 0.3 is 0 Å². The van der Waals surface area contributed by atoms with Crippen molar-refractivity contribution < 1.29 is 9.34 Å². The summed E-state index contributed by atoms with van der Waals surface area (Å²) in [4.78, 5) is 10.5. The van der Waals surface area contributed by atoms with E-state index < -0.39 is 4.92 Å². The standard InChI is InChI=1S/C11H8BrNO3/c1-7-2-5-11(16-7)9-4-3-8(12)6-10(9)13(14)15/h2-6H,1H3. The highest BCUT2D eigenvalue weighted by Gasteiger charge is 2.17. The number of benzene rings is 1. The van der Waals surface area contributed by atoms with Crippen molar-refractivity contribution in [3.63, 3.8) is 0 Å². The average molecular weight is 282 g/mol. The molecule has 2 aromatic rings. The van der Waals surface area contributed by atoms with Gasteiger partial charge in [-0.3, -0.25) is 10.1 Å². The van der Waals surface area contributed by atoms with Crippen LogP contribution >= 0.6 is 15.9 Å². The van der Waals surface area contributed by atoms with Crippen LogP contribution in [-0.2, 0) is 0 Å². The van der Waals surface area contributed by atoms with Crippen LogP contribution < -0.4 is 0 Å². The minimum absolute atomic E-state index is 0.0312. The molecule has 0 N–H and O–H groups in total. The first-order chi connectivity index (χ1) is 7.58. The summed E-state index contributed by atoms with van der Waals surface area (Å²) in [6.45, 7) is 1.80. The second kappa shape index (κ2) is 4.09. The maximum Gasteiger partial charge on any atom is 0.281 e. The number of furan rings is 1. The van der Waals surface area contributed by atoms with Gasteiger partial charge in [-0.25, -0.2) is 0 Å². The normalized spacial score (nSPS) is 10.4. The predicted molar refractivity (Wildman–Crippen MR) is 63.2 cm³/mol. The van der Waals surface area contributed by atoms with Crippen molar-refractivity contribution in [1.82, 2.24) is 0 Å². The van der Waals surface area contributed by atoms with E-state index in [1.165, 1.54) is 6.07 Å². The molecule has 16 heavy (non-hydrogen) atoms. The molecule has 1 heterocycles. The Bertz CT molecular complexity index is 548. The Hall–Kier alpha value is -1.62. The van der Waals surface area contributed by atoms with Gasteiger partial charge in [-0.1, -0.05) is 15.9 Å². The molecule has 0 saturated carbocycles. The van der Waals surface area contributed by atoms with Crippen molar-refractivity contribution >= 4 is 21.6 Å². The first kappa shape index (κ1) is 10.9. The van der Waals surface area contributed by atoms with Crippen molar-refractivity contribution in [2.45, 2.75) is 6.92 Å². The van der Waals surface area contributed by atoms with E-state index >= 15 is 0 Å². The zero-order chi connectivity index (χ0) is 11.7. The van der Waals surface area contributed by atoms with Gasteiger partial charge in [-0.2, -0.15) is 0 Å². The average Bonchev–Trinajstić information content (AvgIpc) is 2.64. The summed E-state index contributed by atoms with van der Waals surface area (Å²) in [6, 6.07) is 8.39. The van der Waals surface area contributed by atoms with Crippen LogP contribution in [0.3, 0.4) is 0 Å². The van der Waals surface area contributed by atoms with E-state index in [0.717, 1.165) is 5.76 Å². The molecule has 0 atom stereocenters. The minimum Gasteiger partial charge on any atom is -0.461 e. The van der Waals surface area contributed by atoms with Gasteiger partial charge in [0, 0.05) is 10.5 Å². The molecule has 4 nitrogen and oxygen atoms in total. The highest BCUT2D eigenvalue weighted by atomic mass is 79.9. The van der Waals surface area contributed by atoms with Gasteiger partial charge in [0.05, 0.1) is 10.5 Å². The molecule has 0 bridgehead atoms. The van der Waals surface area contributed by atoms with Gasteiger partial charge in [0.1, 0.15) is 11.5 Å². The highest BCUT2D eigenvalue weighted by Crippen LogP contribution is 2.33. The summed E-state index contributed by atoms with van der Waals surface area (Å²) in [7, 11) is 0. The summed E-state index contributed by atoms with van der Waals surface area (Å²) >= 11 is 3.21. The lowest BCUT2D eigenvalue weighted by atomic mass is 10.1. The number of hydrogen-bond acceptors (Lipinski definition) is 3. The van der Waals surface area contributed by atoms with Crippen molar-refractivity contribution in [3.8, 4) is 11.3 Å². The third-order valence-electron chi connectivity index (χ3n) is 2.16. The maximum atomic E-state index is 10.9. The van der Waals surface area contributed by atoms with Crippen LogP contribution in [0.1, 0.15) is 5.76 Å². The van der Waals surface area contributed by atoms with Crippen molar-refractivity contribution in [2.75, 3.05) is 0 Å². The maximum absolute atomic E-state index is 10.9. The number of rotatable bonds is 2. The van der Waals surface area contributed by atoms with E-state index in [0.29, 0.717) is 15.8 Å². The van der Waals surface area contributed by atoms with Crippen molar-refractivity contribution in [3.05, 3.63) is 50.7 Å². The Morgan fingerprint density at radius 3 is 2.62 bits per heavy atom. The lowest BCUT2D eigenvalue weighted by Crippen LogP contribution is -1.91. The van der Waals surface area contributed by atoms with Crippen LogP contribution in [0.4, 0.5) is 5.69 Å². The number of hydrogen-bond donors (Lipinski definition) is 0. The number of halogens is 1. The quantitative estimate of drug-likeness (QED) is 0.619. The molecule has 5 heteroatoms. The van der Waals surface area contributed by atoms with Gasteiger partial charge in [-0.15, -0.1) is 0 Å². The molecule has 0 spiro atoms. The third-order valence-corrected chi connectivity index (χ3v) is 2.66. The first-order valence-corrected chi connectivity index (χ1v) is 5.38. The van der Waals surface area contributed by atoms with E-state index in [9.17, 15) is 10.1 Å². The molecule has 1 aromatic carbocycles. The number of aryl methyl sites for hydroxylation is 1. The van der Waals surface area contributed by atoms with Crippen LogP contribution in [-0.4, -0.2) is 4.92 Å². The molecular weight excluding hydrogens is 274 g/mol. The van der Waals surface area contributed by atoms with Crippen molar-refractivity contribution in [1.29, 1.82) is 0 Å². The van der Waals surface area contributed by atoms with Gasteiger partial charge < -0.3 is 4.42 Å². The molecule has 82 valence electrons. The molecule has 0 aliphatic carbocycles. The van der Waals surface area contributed by atoms with Gasteiger partial charge in [0.2, 0.25) is 0 Å². The summed E-state index contributed by atoms with van der Waals surface area (Å²) < 4.78 is 6.05. The van der Waals surface area contributed by atoms with E-state index in [1.54, 1.807) is 31.2 Å². The molecule has 0 aliphatic rings. The Morgan fingerprint density at radius 2 is 2.06 bits per heavy atom. The van der Waals surface area contributed by atoms with Crippen LogP contribution in [0.25, 0.3) is 11.3 Å². The molecule has 0 fully saturated rings. The van der Waals surface area contributed by atoms with E-state index in [-0.39, 0.29) is 5.69 Å². The van der Waals surface area contributed by atoms with Gasteiger partial charge in [-0.05, 0) is 31.2 Å². The molecule has 0 amide bonds. The summed E-state index contributed by atoms with van der Waals surface area (Å²) in [5, 5.41) is 10.9. The smallest absolute Gasteiger partial charge is 0.281 e. The van der Waals surface area contributed by atoms with Gasteiger partial charge in [0.25, 0.3) is 5.69 Å². The molecule has 0 radical (unpaired) electrons. The Labute approximate surface area is 100 Å². The fraction of sp³-hybridized carbons (Fsp3) is 0.0909. The second-order valence-corrected chi connectivity index (χ2v) is 4.24.